The largest absolute Gasteiger partial charge is 0.481 e. The van der Waals surface area contributed by atoms with Crippen LogP contribution in [0.4, 0.5) is 0 Å². The molecule has 0 saturated carbocycles. The second-order valence-electron chi connectivity index (χ2n) is 3.16. The Morgan fingerprint density at radius 3 is 2.62 bits per heavy atom. The first-order valence-electron chi connectivity index (χ1n) is 4.44. The minimum absolute atomic E-state index is 0.379. The minimum atomic E-state index is -0.783. The first kappa shape index (κ1) is 9.84. The Bertz CT molecular complexity index is 288. The number of aliphatic carboxylic acids is 1. The van der Waals surface area contributed by atoms with Crippen molar-refractivity contribution >= 4 is 5.97 Å². The van der Waals surface area contributed by atoms with Crippen molar-refractivity contribution in [1.82, 2.24) is 0 Å². The van der Waals surface area contributed by atoms with Gasteiger partial charge in [-0.2, -0.15) is 0 Å². The minimum Gasteiger partial charge on any atom is -0.481 e. The van der Waals surface area contributed by atoms with Gasteiger partial charge in [0.2, 0.25) is 0 Å². The van der Waals surface area contributed by atoms with Gasteiger partial charge in [0.15, 0.2) is 0 Å². The van der Waals surface area contributed by atoms with Crippen molar-refractivity contribution in [3.8, 4) is 0 Å². The summed E-state index contributed by atoms with van der Waals surface area (Å²) in [6.07, 6.45) is 1.32. The van der Waals surface area contributed by atoms with Crippen LogP contribution in [0.15, 0.2) is 16.5 Å². The van der Waals surface area contributed by atoms with Gasteiger partial charge < -0.3 is 9.52 Å². The molecule has 3 nitrogen and oxygen atoms in total. The van der Waals surface area contributed by atoms with Gasteiger partial charge in [0.25, 0.3) is 0 Å². The number of hydrogen-bond donors (Lipinski definition) is 1. The molecule has 0 bridgehead atoms. The second-order valence-corrected chi connectivity index (χ2v) is 3.16. The average Bonchev–Trinajstić information content (AvgIpc) is 2.52. The molecule has 0 amide bonds. The maximum absolute atomic E-state index is 10.5. The molecule has 0 aliphatic heterocycles. The summed E-state index contributed by atoms with van der Waals surface area (Å²) in [7, 11) is 0. The molecule has 0 fully saturated rings. The van der Waals surface area contributed by atoms with E-state index in [1.54, 1.807) is 6.92 Å². The lowest BCUT2D eigenvalue weighted by Gasteiger charge is -2.01. The molecule has 1 unspecified atom stereocenters. The lowest BCUT2D eigenvalue weighted by atomic mass is 10.1. The van der Waals surface area contributed by atoms with Crippen molar-refractivity contribution in [2.45, 2.75) is 26.7 Å². The molecule has 0 spiro atoms. The van der Waals surface area contributed by atoms with Crippen molar-refractivity contribution in [2.24, 2.45) is 5.92 Å². The van der Waals surface area contributed by atoms with E-state index in [0.29, 0.717) is 6.42 Å². The lowest BCUT2D eigenvalue weighted by molar-refractivity contribution is -0.141. The Morgan fingerprint density at radius 2 is 2.15 bits per heavy atom. The van der Waals surface area contributed by atoms with Crippen LogP contribution in [0.5, 0.6) is 0 Å². The standard InChI is InChI=1S/C10H14O3/c1-3-8-4-5-9(13-8)6-7(2)10(11)12/h4-5,7H,3,6H2,1-2H3,(H,11,12). The molecular weight excluding hydrogens is 168 g/mol. The second kappa shape index (κ2) is 4.12. The third-order valence-electron chi connectivity index (χ3n) is 1.99. The van der Waals surface area contributed by atoms with Crippen LogP contribution in [-0.2, 0) is 17.6 Å². The van der Waals surface area contributed by atoms with E-state index < -0.39 is 5.97 Å². The molecule has 0 aromatic carbocycles. The van der Waals surface area contributed by atoms with Gasteiger partial charge in [-0.15, -0.1) is 0 Å². The number of rotatable bonds is 4. The van der Waals surface area contributed by atoms with Crippen molar-refractivity contribution in [3.05, 3.63) is 23.7 Å². The Kier molecular flexibility index (Phi) is 3.12. The summed E-state index contributed by atoms with van der Waals surface area (Å²) in [5.74, 6) is 0.504. The highest BCUT2D eigenvalue weighted by molar-refractivity contribution is 5.69. The van der Waals surface area contributed by atoms with Crippen LogP contribution in [0.2, 0.25) is 0 Å². The fourth-order valence-corrected chi connectivity index (χ4v) is 1.11. The molecule has 0 aliphatic carbocycles. The lowest BCUT2D eigenvalue weighted by Crippen LogP contribution is -2.11. The Hall–Kier alpha value is -1.25. The van der Waals surface area contributed by atoms with Crippen molar-refractivity contribution in [3.63, 3.8) is 0 Å². The average molecular weight is 182 g/mol. The van der Waals surface area contributed by atoms with Gasteiger partial charge in [-0.1, -0.05) is 13.8 Å². The SMILES string of the molecule is CCc1ccc(CC(C)C(=O)O)o1. The fourth-order valence-electron chi connectivity index (χ4n) is 1.11. The van der Waals surface area contributed by atoms with Gasteiger partial charge in [0.1, 0.15) is 11.5 Å². The number of carboxylic acid groups (broad SMARTS) is 1. The normalized spacial score (nSPS) is 12.8. The first-order valence-corrected chi connectivity index (χ1v) is 4.44. The zero-order valence-electron chi connectivity index (χ0n) is 7.91. The molecule has 1 N–H and O–H groups in total. The van der Waals surface area contributed by atoms with E-state index in [9.17, 15) is 4.79 Å². The summed E-state index contributed by atoms with van der Waals surface area (Å²) in [4.78, 5) is 10.5. The number of hydrogen-bond acceptors (Lipinski definition) is 2. The highest BCUT2D eigenvalue weighted by Gasteiger charge is 2.13. The summed E-state index contributed by atoms with van der Waals surface area (Å²) in [5.41, 5.74) is 0. The topological polar surface area (TPSA) is 50.4 Å². The van der Waals surface area contributed by atoms with Crippen molar-refractivity contribution in [2.75, 3.05) is 0 Å². The molecule has 1 aromatic heterocycles. The van der Waals surface area contributed by atoms with Crippen LogP contribution in [-0.4, -0.2) is 11.1 Å². The van der Waals surface area contributed by atoms with E-state index in [-0.39, 0.29) is 5.92 Å². The zero-order chi connectivity index (χ0) is 9.84. The molecule has 1 rings (SSSR count). The van der Waals surface area contributed by atoms with Gasteiger partial charge in [0, 0.05) is 12.8 Å². The molecule has 13 heavy (non-hydrogen) atoms. The molecule has 1 heterocycles. The molecule has 72 valence electrons. The molecule has 3 heteroatoms. The maximum Gasteiger partial charge on any atom is 0.306 e. The van der Waals surface area contributed by atoms with Crippen LogP contribution in [0.1, 0.15) is 25.4 Å². The summed E-state index contributed by atoms with van der Waals surface area (Å²) >= 11 is 0. The smallest absolute Gasteiger partial charge is 0.306 e. The van der Waals surface area contributed by atoms with E-state index in [4.69, 9.17) is 9.52 Å². The summed E-state index contributed by atoms with van der Waals surface area (Å²) in [6, 6.07) is 3.74. The molecule has 1 atom stereocenters. The molecule has 0 aliphatic rings. The van der Waals surface area contributed by atoms with Crippen molar-refractivity contribution < 1.29 is 14.3 Å². The predicted molar refractivity (Wildman–Crippen MR) is 48.6 cm³/mol. The van der Waals surface area contributed by atoms with E-state index in [1.807, 2.05) is 19.1 Å². The van der Waals surface area contributed by atoms with E-state index >= 15 is 0 Å². The monoisotopic (exact) mass is 182 g/mol. The van der Waals surface area contributed by atoms with Gasteiger partial charge in [-0.3, -0.25) is 4.79 Å². The van der Waals surface area contributed by atoms with Crippen LogP contribution in [0, 0.1) is 5.92 Å². The van der Waals surface area contributed by atoms with Gasteiger partial charge in [-0.05, 0) is 12.1 Å². The van der Waals surface area contributed by atoms with E-state index in [2.05, 4.69) is 0 Å². The fraction of sp³-hybridized carbons (Fsp3) is 0.500. The Labute approximate surface area is 77.4 Å². The van der Waals surface area contributed by atoms with Crippen molar-refractivity contribution in [1.29, 1.82) is 0 Å². The zero-order valence-corrected chi connectivity index (χ0v) is 7.91. The number of carboxylic acids is 1. The molecular formula is C10H14O3. The highest BCUT2D eigenvalue weighted by atomic mass is 16.4. The van der Waals surface area contributed by atoms with Gasteiger partial charge >= 0.3 is 5.97 Å². The van der Waals surface area contributed by atoms with Crippen LogP contribution in [0.25, 0.3) is 0 Å². The number of furan rings is 1. The number of aryl methyl sites for hydroxylation is 1. The van der Waals surface area contributed by atoms with Crippen LogP contribution < -0.4 is 0 Å². The third kappa shape index (κ3) is 2.61. The third-order valence-corrected chi connectivity index (χ3v) is 1.99. The van der Waals surface area contributed by atoms with Gasteiger partial charge in [0.05, 0.1) is 5.92 Å². The molecule has 0 radical (unpaired) electrons. The maximum atomic E-state index is 10.5. The van der Waals surface area contributed by atoms with Gasteiger partial charge in [-0.25, -0.2) is 0 Å². The first-order chi connectivity index (χ1) is 6.13. The Morgan fingerprint density at radius 1 is 1.54 bits per heavy atom. The molecule has 0 saturated heterocycles. The predicted octanol–water partition coefficient (Wildman–Crippen LogP) is 2.11. The van der Waals surface area contributed by atoms with E-state index in [1.165, 1.54) is 0 Å². The molecule has 1 aromatic rings. The number of carbonyl (C=O) groups is 1. The quantitative estimate of drug-likeness (QED) is 0.775. The summed E-state index contributed by atoms with van der Waals surface area (Å²) in [5, 5.41) is 8.67. The Balaban J connectivity index is 2.58. The summed E-state index contributed by atoms with van der Waals surface area (Å²) in [6.45, 7) is 3.68. The summed E-state index contributed by atoms with van der Waals surface area (Å²) < 4.78 is 5.39. The van der Waals surface area contributed by atoms with E-state index in [0.717, 1.165) is 17.9 Å². The van der Waals surface area contributed by atoms with Crippen LogP contribution >= 0.6 is 0 Å². The van der Waals surface area contributed by atoms with Crippen LogP contribution in [0.3, 0.4) is 0 Å². The highest BCUT2D eigenvalue weighted by Crippen LogP contribution is 2.13.